The molecule has 0 aromatic heterocycles. The van der Waals surface area contributed by atoms with Crippen LogP contribution in [0.2, 0.25) is 0 Å². The lowest BCUT2D eigenvalue weighted by Crippen LogP contribution is -2.27. The fourth-order valence-electron chi connectivity index (χ4n) is 2.17. The first-order valence-corrected chi connectivity index (χ1v) is 6.65. The molecule has 0 heterocycles. The van der Waals surface area contributed by atoms with Crippen LogP contribution in [0.4, 0.5) is 5.69 Å². The summed E-state index contributed by atoms with van der Waals surface area (Å²) in [6.07, 6.45) is 6.20. The van der Waals surface area contributed by atoms with Crippen LogP contribution in [0.3, 0.4) is 0 Å². The summed E-state index contributed by atoms with van der Waals surface area (Å²) >= 11 is 0. The van der Waals surface area contributed by atoms with Crippen molar-refractivity contribution in [2.45, 2.75) is 25.4 Å². The molecule has 0 saturated carbocycles. The number of nitrogens with two attached hydrogens (primary N) is 1. The first-order chi connectivity index (χ1) is 9.58. The van der Waals surface area contributed by atoms with Crippen molar-refractivity contribution in [3.8, 4) is 0 Å². The maximum absolute atomic E-state index is 11.5. The summed E-state index contributed by atoms with van der Waals surface area (Å²) in [5.41, 5.74) is 8.79. The Morgan fingerprint density at radius 2 is 2.05 bits per heavy atom. The summed E-state index contributed by atoms with van der Waals surface area (Å²) in [6, 6.07) is 8.09. The van der Waals surface area contributed by atoms with Gasteiger partial charge < -0.3 is 15.8 Å². The van der Waals surface area contributed by atoms with Crippen LogP contribution in [0.5, 0.6) is 0 Å². The molecule has 20 heavy (non-hydrogen) atoms. The summed E-state index contributed by atoms with van der Waals surface area (Å²) in [4.78, 5) is 11.5. The van der Waals surface area contributed by atoms with Gasteiger partial charge in [0, 0.05) is 17.8 Å². The van der Waals surface area contributed by atoms with Crippen molar-refractivity contribution < 1.29 is 9.53 Å². The number of nitrogens with one attached hydrogen (secondary N) is 1. The molecule has 0 aliphatic heterocycles. The van der Waals surface area contributed by atoms with Crippen molar-refractivity contribution >= 4 is 11.7 Å². The molecule has 2 unspecified atom stereocenters. The Bertz CT molecular complexity index is 532. The van der Waals surface area contributed by atoms with Crippen LogP contribution in [0.25, 0.3) is 0 Å². The summed E-state index contributed by atoms with van der Waals surface area (Å²) < 4.78 is 4.73. The van der Waals surface area contributed by atoms with Gasteiger partial charge in [-0.1, -0.05) is 29.8 Å². The number of ether oxygens (including phenoxy) is 1. The van der Waals surface area contributed by atoms with Gasteiger partial charge in [-0.2, -0.15) is 0 Å². The van der Waals surface area contributed by atoms with Crippen LogP contribution < -0.4 is 11.1 Å². The third-order valence-electron chi connectivity index (χ3n) is 3.25. The molecule has 0 amide bonds. The first kappa shape index (κ1) is 14.3. The van der Waals surface area contributed by atoms with Gasteiger partial charge >= 0.3 is 5.97 Å². The minimum Gasteiger partial charge on any atom is -0.465 e. The molecule has 0 spiro atoms. The van der Waals surface area contributed by atoms with Gasteiger partial charge in [0.25, 0.3) is 0 Å². The molecule has 106 valence electrons. The lowest BCUT2D eigenvalue weighted by atomic mass is 10.1. The molecule has 4 nitrogen and oxygen atoms in total. The molecule has 0 radical (unpaired) electrons. The Morgan fingerprint density at radius 1 is 1.35 bits per heavy atom. The summed E-state index contributed by atoms with van der Waals surface area (Å²) in [5.74, 6) is -0.354. The number of carbonyl (C=O) groups excluding carboxylic acids is 1. The van der Waals surface area contributed by atoms with Crippen molar-refractivity contribution in [3.05, 3.63) is 53.6 Å². The van der Waals surface area contributed by atoms with E-state index in [4.69, 9.17) is 10.5 Å². The molecule has 2 rings (SSSR count). The highest BCUT2D eigenvalue weighted by molar-refractivity contribution is 5.91. The SMILES string of the molecule is COC(=O)C1=CC(N)CC(Nc2ccc(C)cc2)C=C1. The summed E-state index contributed by atoms with van der Waals surface area (Å²) in [6.45, 7) is 2.05. The highest BCUT2D eigenvalue weighted by atomic mass is 16.5. The minimum absolute atomic E-state index is 0.0890. The average Bonchev–Trinajstić information content (AvgIpc) is 2.62. The number of hydrogen-bond acceptors (Lipinski definition) is 4. The zero-order chi connectivity index (χ0) is 14.5. The van der Waals surface area contributed by atoms with Gasteiger partial charge in [-0.25, -0.2) is 4.79 Å². The third kappa shape index (κ3) is 3.71. The molecular formula is C16H20N2O2. The Morgan fingerprint density at radius 3 is 2.70 bits per heavy atom. The Balaban J connectivity index is 2.08. The number of benzene rings is 1. The number of rotatable bonds is 3. The van der Waals surface area contributed by atoms with Crippen molar-refractivity contribution in [2.75, 3.05) is 12.4 Å². The standard InChI is InChI=1S/C16H20N2O2/c1-11-3-6-14(7-4-11)18-15-8-5-12(16(19)20-2)9-13(17)10-15/h3-9,13,15,18H,10,17H2,1-2H3. The normalized spacial score (nSPS) is 21.9. The maximum Gasteiger partial charge on any atom is 0.337 e. The van der Waals surface area contributed by atoms with E-state index in [9.17, 15) is 4.79 Å². The number of carbonyl (C=O) groups is 1. The number of methoxy groups -OCH3 is 1. The topological polar surface area (TPSA) is 64.3 Å². The zero-order valence-electron chi connectivity index (χ0n) is 11.8. The average molecular weight is 272 g/mol. The van der Waals surface area contributed by atoms with Crippen LogP contribution in [0.15, 0.2) is 48.1 Å². The van der Waals surface area contributed by atoms with Crippen molar-refractivity contribution in [1.29, 1.82) is 0 Å². The third-order valence-corrected chi connectivity index (χ3v) is 3.25. The summed E-state index contributed by atoms with van der Waals surface area (Å²) in [5, 5.41) is 3.40. The van der Waals surface area contributed by atoms with Gasteiger partial charge in [-0.05, 0) is 31.6 Å². The first-order valence-electron chi connectivity index (χ1n) is 6.65. The molecule has 3 N–H and O–H groups in total. The molecule has 1 aliphatic carbocycles. The fourth-order valence-corrected chi connectivity index (χ4v) is 2.17. The van der Waals surface area contributed by atoms with Crippen LogP contribution >= 0.6 is 0 Å². The Labute approximate surface area is 119 Å². The Kier molecular flexibility index (Phi) is 4.58. The van der Waals surface area contributed by atoms with Crippen LogP contribution in [0.1, 0.15) is 12.0 Å². The van der Waals surface area contributed by atoms with Gasteiger partial charge in [0.2, 0.25) is 0 Å². The van der Waals surface area contributed by atoms with Crippen LogP contribution in [-0.2, 0) is 9.53 Å². The van der Waals surface area contributed by atoms with Crippen LogP contribution in [-0.4, -0.2) is 25.2 Å². The van der Waals surface area contributed by atoms with E-state index in [-0.39, 0.29) is 18.1 Å². The lowest BCUT2D eigenvalue weighted by Gasteiger charge is -2.17. The Hall–Kier alpha value is -2.07. The smallest absolute Gasteiger partial charge is 0.337 e. The predicted molar refractivity (Wildman–Crippen MR) is 80.4 cm³/mol. The van der Waals surface area contributed by atoms with Gasteiger partial charge in [-0.15, -0.1) is 0 Å². The predicted octanol–water partition coefficient (Wildman–Crippen LogP) is 2.16. The second kappa shape index (κ2) is 6.39. The van der Waals surface area contributed by atoms with E-state index in [1.165, 1.54) is 12.7 Å². The molecular weight excluding hydrogens is 252 g/mol. The van der Waals surface area contributed by atoms with Crippen molar-refractivity contribution in [3.63, 3.8) is 0 Å². The molecule has 0 saturated heterocycles. The van der Waals surface area contributed by atoms with Crippen LogP contribution in [0, 0.1) is 6.92 Å². The van der Waals surface area contributed by atoms with E-state index < -0.39 is 0 Å². The van der Waals surface area contributed by atoms with Crippen molar-refractivity contribution in [1.82, 2.24) is 0 Å². The number of hydrogen-bond donors (Lipinski definition) is 2. The van der Waals surface area contributed by atoms with E-state index >= 15 is 0 Å². The quantitative estimate of drug-likeness (QED) is 0.828. The maximum atomic E-state index is 11.5. The largest absolute Gasteiger partial charge is 0.465 e. The molecule has 0 fully saturated rings. The molecule has 1 aromatic rings. The highest BCUT2D eigenvalue weighted by Gasteiger charge is 2.17. The molecule has 1 aromatic carbocycles. The molecule has 2 atom stereocenters. The second-order valence-corrected chi connectivity index (χ2v) is 4.99. The van der Waals surface area contributed by atoms with E-state index in [0.29, 0.717) is 5.57 Å². The van der Waals surface area contributed by atoms with Gasteiger partial charge in [-0.3, -0.25) is 0 Å². The molecule has 4 heteroatoms. The van der Waals surface area contributed by atoms with E-state index in [1.54, 1.807) is 12.2 Å². The molecule has 1 aliphatic rings. The monoisotopic (exact) mass is 272 g/mol. The van der Waals surface area contributed by atoms with E-state index in [1.807, 2.05) is 18.2 Å². The van der Waals surface area contributed by atoms with Crippen molar-refractivity contribution in [2.24, 2.45) is 5.73 Å². The van der Waals surface area contributed by atoms with Gasteiger partial charge in [0.15, 0.2) is 0 Å². The second-order valence-electron chi connectivity index (χ2n) is 4.99. The minimum atomic E-state index is -0.354. The van der Waals surface area contributed by atoms with E-state index in [0.717, 1.165) is 12.1 Å². The van der Waals surface area contributed by atoms with E-state index in [2.05, 4.69) is 24.4 Å². The fraction of sp³-hybridized carbons (Fsp3) is 0.312. The number of esters is 1. The molecule has 0 bridgehead atoms. The zero-order valence-corrected chi connectivity index (χ0v) is 11.8. The number of aryl methyl sites for hydroxylation is 1. The summed E-state index contributed by atoms with van der Waals surface area (Å²) in [7, 11) is 1.37. The lowest BCUT2D eigenvalue weighted by molar-refractivity contribution is -0.135. The highest BCUT2D eigenvalue weighted by Crippen LogP contribution is 2.17. The van der Waals surface area contributed by atoms with Gasteiger partial charge in [0.05, 0.1) is 12.7 Å². The van der Waals surface area contributed by atoms with Gasteiger partial charge in [0.1, 0.15) is 0 Å². The number of anilines is 1.